The molecule has 2 aromatic rings. The highest BCUT2D eigenvalue weighted by molar-refractivity contribution is 5.50. The van der Waals surface area contributed by atoms with Crippen molar-refractivity contribution in [1.29, 1.82) is 0 Å². The van der Waals surface area contributed by atoms with Crippen molar-refractivity contribution in [1.82, 2.24) is 15.2 Å². The molecule has 110 valence electrons. The van der Waals surface area contributed by atoms with E-state index in [1.807, 2.05) is 0 Å². The fourth-order valence-corrected chi connectivity index (χ4v) is 2.53. The molecule has 21 heavy (non-hydrogen) atoms. The predicted molar refractivity (Wildman–Crippen MR) is 83.0 cm³/mol. The molecule has 1 aliphatic rings. The summed E-state index contributed by atoms with van der Waals surface area (Å²) in [6.45, 7) is 7.21. The van der Waals surface area contributed by atoms with Crippen molar-refractivity contribution < 1.29 is 0 Å². The van der Waals surface area contributed by atoms with Crippen molar-refractivity contribution in [3.63, 3.8) is 0 Å². The van der Waals surface area contributed by atoms with Gasteiger partial charge in [-0.05, 0) is 31.5 Å². The third kappa shape index (κ3) is 2.89. The first-order valence-electron chi connectivity index (χ1n) is 7.13. The van der Waals surface area contributed by atoms with Gasteiger partial charge in [-0.3, -0.25) is 9.78 Å². The molecule has 6 heteroatoms. The second-order valence-corrected chi connectivity index (χ2v) is 5.38. The molecule has 1 fully saturated rings. The quantitative estimate of drug-likeness (QED) is 0.895. The predicted octanol–water partition coefficient (Wildman–Crippen LogP) is 1.11. The van der Waals surface area contributed by atoms with Crippen LogP contribution in [0.25, 0.3) is 0 Å². The van der Waals surface area contributed by atoms with Crippen LogP contribution in [-0.4, -0.2) is 41.4 Å². The van der Waals surface area contributed by atoms with Crippen LogP contribution in [0.2, 0.25) is 0 Å². The van der Waals surface area contributed by atoms with E-state index in [-0.39, 0.29) is 5.56 Å². The molecule has 0 spiro atoms. The van der Waals surface area contributed by atoms with Crippen molar-refractivity contribution in [3.05, 3.63) is 45.9 Å². The molecule has 0 saturated carbocycles. The summed E-state index contributed by atoms with van der Waals surface area (Å²) in [5.74, 6) is 0.564. The monoisotopic (exact) mass is 285 g/mol. The summed E-state index contributed by atoms with van der Waals surface area (Å²) in [5.41, 5.74) is 2.75. The average molecular weight is 285 g/mol. The van der Waals surface area contributed by atoms with E-state index >= 15 is 0 Å². The van der Waals surface area contributed by atoms with Gasteiger partial charge in [0.15, 0.2) is 0 Å². The van der Waals surface area contributed by atoms with Gasteiger partial charge in [0.1, 0.15) is 5.69 Å². The van der Waals surface area contributed by atoms with Gasteiger partial charge in [-0.2, -0.15) is 0 Å². The molecule has 6 nitrogen and oxygen atoms in total. The lowest BCUT2D eigenvalue weighted by Crippen LogP contribution is -2.47. The molecule has 0 bridgehead atoms. The van der Waals surface area contributed by atoms with Crippen LogP contribution in [0.15, 0.2) is 29.1 Å². The van der Waals surface area contributed by atoms with Crippen molar-refractivity contribution in [2.75, 3.05) is 36.0 Å². The van der Waals surface area contributed by atoms with Gasteiger partial charge in [0, 0.05) is 31.9 Å². The van der Waals surface area contributed by atoms with Gasteiger partial charge in [0.2, 0.25) is 5.95 Å². The highest BCUT2D eigenvalue weighted by atomic mass is 16.1. The first-order valence-corrected chi connectivity index (χ1v) is 7.13. The summed E-state index contributed by atoms with van der Waals surface area (Å²) in [4.78, 5) is 18.8. The minimum Gasteiger partial charge on any atom is -0.368 e. The number of aromatic nitrogens is 3. The number of aromatic amines is 1. The van der Waals surface area contributed by atoms with E-state index in [0.29, 0.717) is 11.6 Å². The Labute approximate surface area is 123 Å². The third-order valence-electron chi connectivity index (χ3n) is 3.79. The zero-order valence-corrected chi connectivity index (χ0v) is 12.3. The maximum absolute atomic E-state index is 11.6. The van der Waals surface area contributed by atoms with E-state index in [1.165, 1.54) is 11.3 Å². The summed E-state index contributed by atoms with van der Waals surface area (Å²) in [7, 11) is 0. The van der Waals surface area contributed by atoms with Crippen LogP contribution < -0.4 is 15.4 Å². The Morgan fingerprint density at radius 1 is 1.05 bits per heavy atom. The largest absolute Gasteiger partial charge is 0.368 e. The first kappa shape index (κ1) is 13.6. The van der Waals surface area contributed by atoms with Gasteiger partial charge in [-0.1, -0.05) is 12.1 Å². The number of piperazine rings is 1. The van der Waals surface area contributed by atoms with E-state index in [0.717, 1.165) is 26.2 Å². The second-order valence-electron chi connectivity index (χ2n) is 5.38. The number of rotatable bonds is 2. The molecule has 1 aromatic heterocycles. The van der Waals surface area contributed by atoms with Crippen molar-refractivity contribution >= 4 is 11.6 Å². The fraction of sp³-hybridized carbons (Fsp3) is 0.400. The number of hydrogen-bond acceptors (Lipinski definition) is 5. The SMILES string of the molecule is Cc1cccc(N2CCN(c3nnc(C)c(=O)[nH]3)CC2)c1. The lowest BCUT2D eigenvalue weighted by molar-refractivity contribution is 0.632. The van der Waals surface area contributed by atoms with Crippen LogP contribution in [0.5, 0.6) is 0 Å². The molecule has 2 heterocycles. The molecule has 1 saturated heterocycles. The van der Waals surface area contributed by atoms with Gasteiger partial charge in [-0.25, -0.2) is 0 Å². The second kappa shape index (κ2) is 5.55. The van der Waals surface area contributed by atoms with E-state index < -0.39 is 0 Å². The zero-order chi connectivity index (χ0) is 14.8. The Balaban J connectivity index is 1.70. The standard InChI is InChI=1S/C15H19N5O/c1-11-4-3-5-13(10-11)19-6-8-20(9-7-19)15-16-14(21)12(2)17-18-15/h3-5,10H,6-9H2,1-2H3,(H,16,18,21). The van der Waals surface area contributed by atoms with E-state index in [4.69, 9.17) is 0 Å². The van der Waals surface area contributed by atoms with Gasteiger partial charge in [0.05, 0.1) is 0 Å². The normalized spacial score (nSPS) is 15.3. The molecule has 0 radical (unpaired) electrons. The minimum atomic E-state index is -0.166. The lowest BCUT2D eigenvalue weighted by atomic mass is 10.2. The number of nitrogens with zero attached hydrogens (tertiary/aromatic N) is 4. The van der Waals surface area contributed by atoms with Crippen LogP contribution in [0.1, 0.15) is 11.3 Å². The molecule has 1 aliphatic heterocycles. The van der Waals surface area contributed by atoms with Gasteiger partial charge in [-0.15, -0.1) is 10.2 Å². The first-order chi connectivity index (χ1) is 10.1. The summed E-state index contributed by atoms with van der Waals surface area (Å²) in [5, 5.41) is 7.97. The molecule has 0 atom stereocenters. The average Bonchev–Trinajstić information content (AvgIpc) is 2.50. The molecular formula is C15H19N5O. The number of anilines is 2. The molecule has 3 rings (SSSR count). The Kier molecular flexibility index (Phi) is 3.60. The molecule has 0 aliphatic carbocycles. The van der Waals surface area contributed by atoms with E-state index in [1.54, 1.807) is 6.92 Å². The van der Waals surface area contributed by atoms with Crippen LogP contribution in [0, 0.1) is 13.8 Å². The molecule has 0 unspecified atom stereocenters. The smallest absolute Gasteiger partial charge is 0.273 e. The van der Waals surface area contributed by atoms with Gasteiger partial charge >= 0.3 is 0 Å². The number of aryl methyl sites for hydroxylation is 2. The summed E-state index contributed by atoms with van der Waals surface area (Å²) < 4.78 is 0. The van der Waals surface area contributed by atoms with Crippen LogP contribution >= 0.6 is 0 Å². The molecular weight excluding hydrogens is 266 g/mol. The minimum absolute atomic E-state index is 0.166. The van der Waals surface area contributed by atoms with E-state index in [2.05, 4.69) is 56.2 Å². The zero-order valence-electron chi connectivity index (χ0n) is 12.3. The van der Waals surface area contributed by atoms with E-state index in [9.17, 15) is 4.79 Å². The summed E-state index contributed by atoms with van der Waals surface area (Å²) in [6, 6.07) is 8.52. The molecule has 0 amide bonds. The maximum atomic E-state index is 11.6. The lowest BCUT2D eigenvalue weighted by Gasteiger charge is -2.36. The van der Waals surface area contributed by atoms with Gasteiger partial charge in [0.25, 0.3) is 5.56 Å². The third-order valence-corrected chi connectivity index (χ3v) is 3.79. The Bertz CT molecular complexity index is 688. The molecule has 1 N–H and O–H groups in total. The highest BCUT2D eigenvalue weighted by Gasteiger charge is 2.19. The topological polar surface area (TPSA) is 65.1 Å². The molecule has 1 aromatic carbocycles. The summed E-state index contributed by atoms with van der Waals surface area (Å²) in [6.07, 6.45) is 0. The van der Waals surface area contributed by atoms with Crippen molar-refractivity contribution in [2.24, 2.45) is 0 Å². The maximum Gasteiger partial charge on any atom is 0.273 e. The Hall–Kier alpha value is -2.37. The Morgan fingerprint density at radius 2 is 1.76 bits per heavy atom. The fourth-order valence-electron chi connectivity index (χ4n) is 2.53. The Morgan fingerprint density at radius 3 is 2.43 bits per heavy atom. The number of hydrogen-bond donors (Lipinski definition) is 1. The summed E-state index contributed by atoms with van der Waals surface area (Å²) >= 11 is 0. The highest BCUT2D eigenvalue weighted by Crippen LogP contribution is 2.18. The van der Waals surface area contributed by atoms with Crippen molar-refractivity contribution in [2.45, 2.75) is 13.8 Å². The number of H-pyrrole nitrogens is 1. The number of nitrogens with one attached hydrogen (secondary N) is 1. The van der Waals surface area contributed by atoms with Crippen molar-refractivity contribution in [3.8, 4) is 0 Å². The van der Waals surface area contributed by atoms with Crippen LogP contribution in [-0.2, 0) is 0 Å². The van der Waals surface area contributed by atoms with Crippen LogP contribution in [0.3, 0.4) is 0 Å². The van der Waals surface area contributed by atoms with Gasteiger partial charge < -0.3 is 9.80 Å². The number of benzene rings is 1. The van der Waals surface area contributed by atoms with Crippen LogP contribution in [0.4, 0.5) is 11.6 Å².